The van der Waals surface area contributed by atoms with Crippen molar-refractivity contribution in [3.8, 4) is 11.5 Å². The van der Waals surface area contributed by atoms with Crippen molar-refractivity contribution in [3.63, 3.8) is 0 Å². The van der Waals surface area contributed by atoms with Gasteiger partial charge in [-0.25, -0.2) is 9.69 Å². The van der Waals surface area contributed by atoms with Crippen molar-refractivity contribution in [2.24, 2.45) is 0 Å². The first-order chi connectivity index (χ1) is 14.0. The van der Waals surface area contributed by atoms with Gasteiger partial charge in [0.15, 0.2) is 6.61 Å². The molecule has 0 aromatic heterocycles. The summed E-state index contributed by atoms with van der Waals surface area (Å²) in [7, 11) is 0. The molecule has 0 atom stereocenters. The first-order valence-corrected chi connectivity index (χ1v) is 9.07. The highest BCUT2D eigenvalue weighted by atomic mass is 35.5. The van der Waals surface area contributed by atoms with Gasteiger partial charge in [0, 0.05) is 5.02 Å². The van der Waals surface area contributed by atoms with Crippen LogP contribution in [0.3, 0.4) is 0 Å². The number of hydrogen-bond acceptors (Lipinski definition) is 5. The summed E-state index contributed by atoms with van der Waals surface area (Å²) in [6, 6.07) is 19.4. The standard InChI is InChI=1S/C22H14ClNO5/c23-14-5-9-16(10-6-14)28-13-20(25)29-17-11-7-15(8-12-17)24-21(26)18-3-1-2-4-19(18)22(24)27/h1-12H,13H2. The Hall–Kier alpha value is -3.64. The summed E-state index contributed by atoms with van der Waals surface area (Å²) < 4.78 is 10.5. The number of benzene rings is 3. The van der Waals surface area contributed by atoms with E-state index in [0.717, 1.165) is 4.90 Å². The van der Waals surface area contributed by atoms with E-state index in [4.69, 9.17) is 21.1 Å². The molecule has 1 aliphatic heterocycles. The van der Waals surface area contributed by atoms with Crippen LogP contribution in [0.2, 0.25) is 5.02 Å². The molecular formula is C22H14ClNO5. The first-order valence-electron chi connectivity index (χ1n) is 8.70. The average molecular weight is 408 g/mol. The van der Waals surface area contributed by atoms with E-state index in [9.17, 15) is 14.4 Å². The topological polar surface area (TPSA) is 72.9 Å². The highest BCUT2D eigenvalue weighted by molar-refractivity contribution is 6.34. The van der Waals surface area contributed by atoms with Crippen molar-refractivity contribution < 1.29 is 23.9 Å². The fraction of sp³-hybridized carbons (Fsp3) is 0.0455. The number of nitrogens with zero attached hydrogens (tertiary/aromatic N) is 1. The predicted molar refractivity (Wildman–Crippen MR) is 107 cm³/mol. The number of anilines is 1. The summed E-state index contributed by atoms with van der Waals surface area (Å²) in [6.45, 7) is -0.276. The molecule has 0 bridgehead atoms. The van der Waals surface area contributed by atoms with Gasteiger partial charge in [-0.05, 0) is 60.7 Å². The number of halogens is 1. The quantitative estimate of drug-likeness (QED) is 0.361. The summed E-state index contributed by atoms with van der Waals surface area (Å²) in [4.78, 5) is 38.1. The zero-order valence-corrected chi connectivity index (χ0v) is 15.8. The Morgan fingerprint density at radius 1 is 0.793 bits per heavy atom. The number of fused-ring (bicyclic) bond motifs is 1. The summed E-state index contributed by atoms with van der Waals surface area (Å²) in [5.41, 5.74) is 1.13. The zero-order valence-electron chi connectivity index (χ0n) is 15.0. The molecule has 1 aliphatic rings. The third-order valence-electron chi connectivity index (χ3n) is 4.29. The Morgan fingerprint density at radius 2 is 1.34 bits per heavy atom. The lowest BCUT2D eigenvalue weighted by Gasteiger charge is -2.14. The van der Waals surface area contributed by atoms with Crippen molar-refractivity contribution in [3.05, 3.63) is 88.9 Å². The van der Waals surface area contributed by atoms with Gasteiger partial charge in [0.2, 0.25) is 0 Å². The van der Waals surface area contributed by atoms with Gasteiger partial charge >= 0.3 is 5.97 Å². The Balaban J connectivity index is 1.39. The number of rotatable bonds is 5. The number of carbonyl (C=O) groups is 3. The van der Waals surface area contributed by atoms with Crippen molar-refractivity contribution >= 4 is 35.1 Å². The van der Waals surface area contributed by atoms with Crippen LogP contribution in [0.1, 0.15) is 20.7 Å². The highest BCUT2D eigenvalue weighted by Gasteiger charge is 2.36. The van der Waals surface area contributed by atoms with Gasteiger partial charge in [-0.2, -0.15) is 0 Å². The second-order valence-electron chi connectivity index (χ2n) is 6.20. The van der Waals surface area contributed by atoms with Crippen LogP contribution < -0.4 is 14.4 Å². The number of carbonyl (C=O) groups excluding carboxylic acids is 3. The summed E-state index contributed by atoms with van der Waals surface area (Å²) in [5.74, 6) is -0.589. The first kappa shape index (κ1) is 18.7. The van der Waals surface area contributed by atoms with Gasteiger partial charge < -0.3 is 9.47 Å². The molecule has 29 heavy (non-hydrogen) atoms. The van der Waals surface area contributed by atoms with E-state index in [1.807, 2.05) is 0 Å². The fourth-order valence-corrected chi connectivity index (χ4v) is 3.05. The number of esters is 1. The van der Waals surface area contributed by atoms with Gasteiger partial charge in [-0.1, -0.05) is 23.7 Å². The fourth-order valence-electron chi connectivity index (χ4n) is 2.92. The molecule has 0 N–H and O–H groups in total. The maximum atomic E-state index is 12.5. The largest absolute Gasteiger partial charge is 0.482 e. The van der Waals surface area contributed by atoms with Crippen molar-refractivity contribution in [2.75, 3.05) is 11.5 Å². The summed E-state index contributed by atoms with van der Waals surface area (Å²) in [6.07, 6.45) is 0. The Kier molecular flexibility index (Phi) is 5.01. The Bertz CT molecular complexity index is 1060. The molecule has 3 aromatic rings. The molecular weight excluding hydrogens is 394 g/mol. The van der Waals surface area contributed by atoms with Crippen LogP contribution in [0.25, 0.3) is 0 Å². The highest BCUT2D eigenvalue weighted by Crippen LogP contribution is 2.29. The van der Waals surface area contributed by atoms with E-state index < -0.39 is 5.97 Å². The lowest BCUT2D eigenvalue weighted by Crippen LogP contribution is -2.29. The number of hydrogen-bond donors (Lipinski definition) is 0. The van der Waals surface area contributed by atoms with E-state index >= 15 is 0 Å². The van der Waals surface area contributed by atoms with E-state index in [2.05, 4.69) is 0 Å². The molecule has 2 amide bonds. The summed E-state index contributed by atoms with van der Waals surface area (Å²) >= 11 is 5.79. The van der Waals surface area contributed by atoms with Gasteiger partial charge in [0.05, 0.1) is 16.8 Å². The molecule has 0 saturated heterocycles. The number of imide groups is 1. The minimum atomic E-state index is -0.589. The van der Waals surface area contributed by atoms with Crippen LogP contribution in [0.15, 0.2) is 72.8 Å². The average Bonchev–Trinajstić information content (AvgIpc) is 2.99. The van der Waals surface area contributed by atoms with Crippen LogP contribution in [0.4, 0.5) is 5.69 Å². The van der Waals surface area contributed by atoms with Crippen LogP contribution >= 0.6 is 11.6 Å². The molecule has 0 unspecified atom stereocenters. The summed E-state index contributed by atoms with van der Waals surface area (Å²) in [5, 5.41) is 0.568. The van der Waals surface area contributed by atoms with Crippen molar-refractivity contribution in [2.45, 2.75) is 0 Å². The minimum Gasteiger partial charge on any atom is -0.482 e. The molecule has 0 saturated carbocycles. The maximum absolute atomic E-state index is 12.5. The lowest BCUT2D eigenvalue weighted by molar-refractivity contribution is -0.136. The van der Waals surface area contributed by atoms with Crippen molar-refractivity contribution in [1.29, 1.82) is 0 Å². The van der Waals surface area contributed by atoms with Crippen LogP contribution in [-0.2, 0) is 4.79 Å². The molecule has 1 heterocycles. The molecule has 0 spiro atoms. The van der Waals surface area contributed by atoms with Gasteiger partial charge in [0.25, 0.3) is 11.8 Å². The smallest absolute Gasteiger partial charge is 0.349 e. The minimum absolute atomic E-state index is 0.273. The van der Waals surface area contributed by atoms with E-state index in [1.165, 1.54) is 12.1 Å². The lowest BCUT2D eigenvalue weighted by atomic mass is 10.1. The third kappa shape index (κ3) is 3.83. The molecule has 6 nitrogen and oxygen atoms in total. The molecule has 0 aliphatic carbocycles. The van der Waals surface area contributed by atoms with Gasteiger partial charge in [0.1, 0.15) is 11.5 Å². The van der Waals surface area contributed by atoms with Crippen LogP contribution in [0.5, 0.6) is 11.5 Å². The molecule has 7 heteroatoms. The van der Waals surface area contributed by atoms with E-state index in [-0.39, 0.29) is 24.2 Å². The maximum Gasteiger partial charge on any atom is 0.349 e. The third-order valence-corrected chi connectivity index (χ3v) is 4.54. The van der Waals surface area contributed by atoms with Gasteiger partial charge in [-0.15, -0.1) is 0 Å². The molecule has 0 radical (unpaired) electrons. The molecule has 3 aromatic carbocycles. The Labute approximate surface area is 171 Å². The van der Waals surface area contributed by atoms with Gasteiger partial charge in [-0.3, -0.25) is 9.59 Å². The predicted octanol–water partition coefficient (Wildman–Crippen LogP) is 4.13. The van der Waals surface area contributed by atoms with Crippen molar-refractivity contribution in [1.82, 2.24) is 0 Å². The van der Waals surface area contributed by atoms with Crippen LogP contribution in [0, 0.1) is 0 Å². The zero-order chi connectivity index (χ0) is 20.4. The van der Waals surface area contributed by atoms with E-state index in [0.29, 0.717) is 27.6 Å². The van der Waals surface area contributed by atoms with E-state index in [1.54, 1.807) is 60.7 Å². The Morgan fingerprint density at radius 3 is 1.93 bits per heavy atom. The normalized spacial score (nSPS) is 12.7. The monoisotopic (exact) mass is 407 g/mol. The second kappa shape index (κ2) is 7.77. The molecule has 0 fully saturated rings. The molecule has 4 rings (SSSR count). The molecule has 144 valence electrons. The number of amides is 2. The SMILES string of the molecule is O=C(COc1ccc(Cl)cc1)Oc1ccc(N2C(=O)c3ccccc3C2=O)cc1. The number of ether oxygens (including phenoxy) is 2. The van der Waals surface area contributed by atoms with Crippen LogP contribution in [-0.4, -0.2) is 24.4 Å². The second-order valence-corrected chi connectivity index (χ2v) is 6.64.